The number of ether oxygens (including phenoxy) is 1. The number of nitrogen functional groups attached to an aromatic ring is 1. The van der Waals surface area contributed by atoms with Crippen molar-refractivity contribution >= 4 is 11.6 Å². The SMILES string of the molecule is COc1ccc(O)c(C(=O)NCCn2cc(N)cn2)c1. The number of methoxy groups -OCH3 is 1. The first-order valence-corrected chi connectivity index (χ1v) is 6.03. The van der Waals surface area contributed by atoms with Gasteiger partial charge < -0.3 is 20.9 Å². The van der Waals surface area contributed by atoms with E-state index >= 15 is 0 Å². The first-order chi connectivity index (χ1) is 9.60. The van der Waals surface area contributed by atoms with Gasteiger partial charge in [0.25, 0.3) is 5.91 Å². The zero-order chi connectivity index (χ0) is 14.5. The summed E-state index contributed by atoms with van der Waals surface area (Å²) in [7, 11) is 1.50. The second-order valence-electron chi connectivity index (χ2n) is 4.18. The second-order valence-corrected chi connectivity index (χ2v) is 4.18. The Morgan fingerprint density at radius 1 is 1.55 bits per heavy atom. The lowest BCUT2D eigenvalue weighted by molar-refractivity contribution is 0.0949. The Hall–Kier alpha value is -2.70. The number of phenolic OH excluding ortho intramolecular Hbond substituents is 1. The fourth-order valence-corrected chi connectivity index (χ4v) is 1.71. The number of hydrogen-bond donors (Lipinski definition) is 3. The molecule has 1 amide bonds. The van der Waals surface area contributed by atoms with E-state index in [9.17, 15) is 9.90 Å². The average Bonchev–Trinajstić information content (AvgIpc) is 2.85. The number of phenols is 1. The van der Waals surface area contributed by atoms with E-state index in [1.54, 1.807) is 16.9 Å². The van der Waals surface area contributed by atoms with Crippen molar-refractivity contribution in [3.63, 3.8) is 0 Å². The summed E-state index contributed by atoms with van der Waals surface area (Å²) in [4.78, 5) is 11.9. The van der Waals surface area contributed by atoms with Crippen LogP contribution in [0.25, 0.3) is 0 Å². The number of carbonyl (C=O) groups is 1. The second kappa shape index (κ2) is 5.96. The summed E-state index contributed by atoms with van der Waals surface area (Å²) in [6.07, 6.45) is 3.21. The third-order valence-electron chi connectivity index (χ3n) is 2.73. The normalized spacial score (nSPS) is 10.2. The number of carbonyl (C=O) groups excluding carboxylic acids is 1. The Labute approximate surface area is 116 Å². The molecular formula is C13H16N4O3. The lowest BCUT2D eigenvalue weighted by Gasteiger charge is -2.08. The molecule has 1 heterocycles. The Morgan fingerprint density at radius 3 is 3.00 bits per heavy atom. The van der Waals surface area contributed by atoms with Crippen molar-refractivity contribution in [2.45, 2.75) is 6.54 Å². The Kier molecular flexibility index (Phi) is 4.09. The first-order valence-electron chi connectivity index (χ1n) is 6.03. The molecule has 0 aliphatic heterocycles. The number of aromatic hydroxyl groups is 1. The third kappa shape index (κ3) is 3.19. The molecule has 0 spiro atoms. The van der Waals surface area contributed by atoms with E-state index in [0.29, 0.717) is 24.5 Å². The maximum atomic E-state index is 11.9. The van der Waals surface area contributed by atoms with Crippen LogP contribution in [0.1, 0.15) is 10.4 Å². The van der Waals surface area contributed by atoms with Gasteiger partial charge >= 0.3 is 0 Å². The van der Waals surface area contributed by atoms with Gasteiger partial charge in [-0.3, -0.25) is 9.48 Å². The van der Waals surface area contributed by atoms with E-state index in [4.69, 9.17) is 10.5 Å². The molecule has 0 atom stereocenters. The van der Waals surface area contributed by atoms with Crippen LogP contribution in [0.4, 0.5) is 5.69 Å². The lowest BCUT2D eigenvalue weighted by Crippen LogP contribution is -2.27. The highest BCUT2D eigenvalue weighted by molar-refractivity contribution is 5.97. The maximum absolute atomic E-state index is 11.9. The smallest absolute Gasteiger partial charge is 0.255 e. The molecule has 7 nitrogen and oxygen atoms in total. The summed E-state index contributed by atoms with van der Waals surface area (Å²) in [5.74, 6) is 0.0426. The van der Waals surface area contributed by atoms with Crippen molar-refractivity contribution in [3.05, 3.63) is 36.2 Å². The molecule has 4 N–H and O–H groups in total. The van der Waals surface area contributed by atoms with Gasteiger partial charge in [0.05, 0.1) is 31.1 Å². The molecule has 0 aliphatic carbocycles. The highest BCUT2D eigenvalue weighted by Gasteiger charge is 2.11. The van der Waals surface area contributed by atoms with E-state index in [2.05, 4.69) is 10.4 Å². The number of nitrogens with zero attached hydrogens (tertiary/aromatic N) is 2. The number of nitrogens with one attached hydrogen (secondary N) is 1. The monoisotopic (exact) mass is 276 g/mol. The summed E-state index contributed by atoms with van der Waals surface area (Å²) in [6.45, 7) is 0.865. The zero-order valence-electron chi connectivity index (χ0n) is 11.0. The van der Waals surface area contributed by atoms with Gasteiger partial charge in [-0.1, -0.05) is 0 Å². The van der Waals surface area contributed by atoms with Crippen LogP contribution in [0.5, 0.6) is 11.5 Å². The molecular weight excluding hydrogens is 260 g/mol. The van der Waals surface area contributed by atoms with Crippen molar-refractivity contribution in [3.8, 4) is 11.5 Å². The Balaban J connectivity index is 1.94. The van der Waals surface area contributed by atoms with E-state index in [0.717, 1.165) is 0 Å². The molecule has 0 aliphatic rings. The summed E-state index contributed by atoms with van der Waals surface area (Å²) in [5, 5.41) is 16.4. The fraction of sp³-hybridized carbons (Fsp3) is 0.231. The molecule has 0 saturated heterocycles. The van der Waals surface area contributed by atoms with Crippen LogP contribution in [0.2, 0.25) is 0 Å². The molecule has 20 heavy (non-hydrogen) atoms. The van der Waals surface area contributed by atoms with Crippen molar-refractivity contribution in [1.29, 1.82) is 0 Å². The van der Waals surface area contributed by atoms with Gasteiger partial charge in [-0.25, -0.2) is 0 Å². The van der Waals surface area contributed by atoms with E-state index in [-0.39, 0.29) is 17.2 Å². The largest absolute Gasteiger partial charge is 0.507 e. The number of rotatable bonds is 5. The molecule has 1 aromatic carbocycles. The summed E-state index contributed by atoms with van der Waals surface area (Å²) in [5.41, 5.74) is 6.28. The lowest BCUT2D eigenvalue weighted by atomic mass is 10.1. The fourth-order valence-electron chi connectivity index (χ4n) is 1.71. The van der Waals surface area contributed by atoms with E-state index in [1.165, 1.54) is 25.4 Å². The zero-order valence-corrected chi connectivity index (χ0v) is 11.0. The molecule has 0 fully saturated rings. The quantitative estimate of drug-likeness (QED) is 0.742. The number of anilines is 1. The molecule has 106 valence electrons. The van der Waals surface area contributed by atoms with E-state index in [1.807, 2.05) is 0 Å². The van der Waals surface area contributed by atoms with Crippen molar-refractivity contribution in [2.24, 2.45) is 0 Å². The van der Waals surface area contributed by atoms with Gasteiger partial charge in [0.15, 0.2) is 0 Å². The van der Waals surface area contributed by atoms with Crippen LogP contribution in [-0.2, 0) is 6.54 Å². The van der Waals surface area contributed by atoms with Crippen LogP contribution < -0.4 is 15.8 Å². The van der Waals surface area contributed by atoms with E-state index < -0.39 is 0 Å². The number of amides is 1. The number of aromatic nitrogens is 2. The highest BCUT2D eigenvalue weighted by Crippen LogP contribution is 2.22. The number of benzene rings is 1. The standard InChI is InChI=1S/C13H16N4O3/c1-20-10-2-3-12(18)11(6-10)13(19)15-4-5-17-8-9(14)7-16-17/h2-3,6-8,18H,4-5,14H2,1H3,(H,15,19). The van der Waals surface area contributed by atoms with Crippen LogP contribution in [0.15, 0.2) is 30.6 Å². The van der Waals surface area contributed by atoms with Gasteiger partial charge in [0.2, 0.25) is 0 Å². The molecule has 1 aromatic heterocycles. The molecule has 0 unspecified atom stereocenters. The van der Waals surface area contributed by atoms with Crippen LogP contribution >= 0.6 is 0 Å². The minimum Gasteiger partial charge on any atom is -0.507 e. The molecule has 2 aromatic rings. The number of nitrogens with two attached hydrogens (primary N) is 1. The van der Waals surface area contributed by atoms with Crippen LogP contribution in [-0.4, -0.2) is 34.4 Å². The predicted molar refractivity (Wildman–Crippen MR) is 73.6 cm³/mol. The van der Waals surface area contributed by atoms with Gasteiger partial charge in [0, 0.05) is 12.7 Å². The van der Waals surface area contributed by atoms with Gasteiger partial charge in [-0.2, -0.15) is 5.10 Å². The minimum absolute atomic E-state index is 0.0911. The minimum atomic E-state index is -0.374. The Bertz CT molecular complexity index is 609. The third-order valence-corrected chi connectivity index (χ3v) is 2.73. The molecule has 0 bridgehead atoms. The van der Waals surface area contributed by atoms with Crippen LogP contribution in [0.3, 0.4) is 0 Å². The van der Waals surface area contributed by atoms with Crippen molar-refractivity contribution < 1.29 is 14.6 Å². The Morgan fingerprint density at radius 2 is 2.35 bits per heavy atom. The molecule has 2 rings (SSSR count). The molecule has 0 radical (unpaired) electrons. The van der Waals surface area contributed by atoms with Crippen LogP contribution in [0, 0.1) is 0 Å². The molecule has 0 saturated carbocycles. The van der Waals surface area contributed by atoms with Crippen molar-refractivity contribution in [1.82, 2.24) is 15.1 Å². The summed E-state index contributed by atoms with van der Waals surface area (Å²) >= 11 is 0. The topological polar surface area (TPSA) is 102 Å². The molecule has 7 heteroatoms. The van der Waals surface area contributed by atoms with Gasteiger partial charge in [0.1, 0.15) is 11.5 Å². The average molecular weight is 276 g/mol. The summed E-state index contributed by atoms with van der Waals surface area (Å²) < 4.78 is 6.64. The number of hydrogen-bond acceptors (Lipinski definition) is 5. The van der Waals surface area contributed by atoms with Gasteiger partial charge in [-0.15, -0.1) is 0 Å². The first kappa shape index (κ1) is 13.7. The van der Waals surface area contributed by atoms with Gasteiger partial charge in [-0.05, 0) is 18.2 Å². The maximum Gasteiger partial charge on any atom is 0.255 e. The van der Waals surface area contributed by atoms with Crippen molar-refractivity contribution in [2.75, 3.05) is 19.4 Å². The highest BCUT2D eigenvalue weighted by atomic mass is 16.5. The summed E-state index contributed by atoms with van der Waals surface area (Å²) in [6, 6.07) is 4.48. The predicted octanol–water partition coefficient (Wildman–Crippen LogP) is 0.609.